The average molecular weight is 157 g/mol. The lowest BCUT2D eigenvalue weighted by molar-refractivity contribution is 0.152. The molecule has 0 fully saturated rings. The number of hydrogen-bond donors (Lipinski definition) is 1. The van der Waals surface area contributed by atoms with Gasteiger partial charge >= 0.3 is 0 Å². The molecular formula is C10H21O. The van der Waals surface area contributed by atoms with E-state index in [4.69, 9.17) is 5.11 Å². The van der Waals surface area contributed by atoms with Crippen molar-refractivity contribution in [2.75, 3.05) is 6.61 Å². The summed E-state index contributed by atoms with van der Waals surface area (Å²) in [6.45, 7) is 11.0. The van der Waals surface area contributed by atoms with Gasteiger partial charge in [0.2, 0.25) is 0 Å². The molecule has 1 N–H and O–H groups in total. The molecule has 0 bridgehead atoms. The van der Waals surface area contributed by atoms with Crippen LogP contribution in [0.5, 0.6) is 0 Å². The van der Waals surface area contributed by atoms with Crippen LogP contribution in [0.1, 0.15) is 41.0 Å². The molecule has 0 aliphatic carbocycles. The summed E-state index contributed by atoms with van der Waals surface area (Å²) in [6.07, 6.45) is 3.25. The van der Waals surface area contributed by atoms with Gasteiger partial charge in [-0.05, 0) is 23.7 Å². The Morgan fingerprint density at radius 1 is 1.09 bits per heavy atom. The minimum atomic E-state index is 0.0489. The maximum absolute atomic E-state index is 8.97. The Labute approximate surface area is 70.8 Å². The fourth-order valence-corrected chi connectivity index (χ4v) is 0.647. The Morgan fingerprint density at radius 2 is 1.55 bits per heavy atom. The van der Waals surface area contributed by atoms with Gasteiger partial charge in [-0.1, -0.05) is 34.6 Å². The van der Waals surface area contributed by atoms with E-state index in [1.165, 1.54) is 0 Å². The number of hydrogen-bond acceptors (Lipinski definition) is 1. The van der Waals surface area contributed by atoms with Crippen LogP contribution >= 0.6 is 0 Å². The topological polar surface area (TPSA) is 20.2 Å². The molecule has 0 rings (SSSR count). The zero-order chi connectivity index (χ0) is 9.12. The largest absolute Gasteiger partial charge is 0.396 e. The summed E-state index contributed by atoms with van der Waals surface area (Å²) in [5.74, 6) is 0. The number of aliphatic hydroxyl groups is 1. The van der Waals surface area contributed by atoms with E-state index in [-0.39, 0.29) is 17.4 Å². The molecular weight excluding hydrogens is 136 g/mol. The SMILES string of the molecule is CC(C)(C)[CH]CC(C)(C)CO. The molecule has 1 nitrogen and oxygen atoms in total. The van der Waals surface area contributed by atoms with Crippen molar-refractivity contribution in [2.24, 2.45) is 10.8 Å². The zero-order valence-electron chi connectivity index (χ0n) is 8.44. The maximum Gasteiger partial charge on any atom is 0.0482 e. The van der Waals surface area contributed by atoms with Gasteiger partial charge in [0.1, 0.15) is 0 Å². The predicted molar refractivity (Wildman–Crippen MR) is 49.2 cm³/mol. The van der Waals surface area contributed by atoms with Crippen LogP contribution in [0.2, 0.25) is 0 Å². The third-order valence-corrected chi connectivity index (χ3v) is 1.70. The highest BCUT2D eigenvalue weighted by Crippen LogP contribution is 2.28. The molecule has 11 heavy (non-hydrogen) atoms. The van der Waals surface area contributed by atoms with Crippen molar-refractivity contribution in [2.45, 2.75) is 41.0 Å². The number of aliphatic hydroxyl groups excluding tert-OH is 1. The van der Waals surface area contributed by atoms with Crippen LogP contribution in [-0.4, -0.2) is 11.7 Å². The van der Waals surface area contributed by atoms with Crippen molar-refractivity contribution in [3.8, 4) is 0 Å². The Hall–Kier alpha value is -0.0400. The predicted octanol–water partition coefficient (Wildman–Crippen LogP) is 2.65. The van der Waals surface area contributed by atoms with Gasteiger partial charge in [0, 0.05) is 6.61 Å². The van der Waals surface area contributed by atoms with Crippen LogP contribution in [0.25, 0.3) is 0 Å². The molecule has 0 aromatic carbocycles. The fourth-order valence-electron chi connectivity index (χ4n) is 0.647. The molecule has 0 aromatic rings. The highest BCUT2D eigenvalue weighted by atomic mass is 16.3. The smallest absolute Gasteiger partial charge is 0.0482 e. The monoisotopic (exact) mass is 157 g/mol. The lowest BCUT2D eigenvalue weighted by Gasteiger charge is -2.26. The summed E-state index contributed by atoms with van der Waals surface area (Å²) in [6, 6.07) is 0. The molecule has 0 saturated heterocycles. The van der Waals surface area contributed by atoms with Gasteiger partial charge in [0.25, 0.3) is 0 Å². The lowest BCUT2D eigenvalue weighted by atomic mass is 9.81. The minimum absolute atomic E-state index is 0.0489. The molecule has 1 radical (unpaired) electrons. The van der Waals surface area contributed by atoms with Crippen molar-refractivity contribution in [1.82, 2.24) is 0 Å². The molecule has 0 heterocycles. The molecule has 0 saturated carbocycles. The maximum atomic E-state index is 8.97. The van der Waals surface area contributed by atoms with Crippen LogP contribution in [0.4, 0.5) is 0 Å². The number of rotatable bonds is 3. The van der Waals surface area contributed by atoms with Crippen molar-refractivity contribution >= 4 is 0 Å². The lowest BCUT2D eigenvalue weighted by Crippen LogP contribution is -2.20. The van der Waals surface area contributed by atoms with Crippen molar-refractivity contribution in [1.29, 1.82) is 0 Å². The summed E-state index contributed by atoms with van der Waals surface area (Å²) in [5, 5.41) is 8.97. The zero-order valence-corrected chi connectivity index (χ0v) is 8.44. The van der Waals surface area contributed by atoms with Gasteiger partial charge in [0.15, 0.2) is 0 Å². The van der Waals surface area contributed by atoms with Crippen LogP contribution in [0.3, 0.4) is 0 Å². The first-order valence-corrected chi connectivity index (χ1v) is 4.22. The molecule has 0 aromatic heterocycles. The van der Waals surface area contributed by atoms with Gasteiger partial charge in [-0.2, -0.15) is 0 Å². The van der Waals surface area contributed by atoms with E-state index in [0.29, 0.717) is 0 Å². The van der Waals surface area contributed by atoms with Crippen LogP contribution in [-0.2, 0) is 0 Å². The second-order valence-electron chi connectivity index (χ2n) is 5.10. The standard InChI is InChI=1S/C10H21O/c1-9(2,3)6-7-10(4,5)8-11/h6,11H,7-8H2,1-5H3. The van der Waals surface area contributed by atoms with Crippen LogP contribution in [0.15, 0.2) is 0 Å². The highest BCUT2D eigenvalue weighted by molar-refractivity contribution is 4.86. The van der Waals surface area contributed by atoms with Crippen molar-refractivity contribution in [3.63, 3.8) is 0 Å². The Kier molecular flexibility index (Phi) is 3.56. The third kappa shape index (κ3) is 6.36. The van der Waals surface area contributed by atoms with E-state index in [1.54, 1.807) is 0 Å². The minimum Gasteiger partial charge on any atom is -0.396 e. The van der Waals surface area contributed by atoms with E-state index in [1.807, 2.05) is 0 Å². The van der Waals surface area contributed by atoms with E-state index < -0.39 is 0 Å². The summed E-state index contributed by atoms with van der Waals surface area (Å²) in [4.78, 5) is 0. The first kappa shape index (κ1) is 11.0. The second kappa shape index (κ2) is 3.57. The summed E-state index contributed by atoms with van der Waals surface area (Å²) in [7, 11) is 0. The van der Waals surface area contributed by atoms with Crippen molar-refractivity contribution in [3.05, 3.63) is 6.42 Å². The van der Waals surface area contributed by atoms with E-state index >= 15 is 0 Å². The summed E-state index contributed by atoms with van der Waals surface area (Å²) < 4.78 is 0. The molecule has 0 aliphatic heterocycles. The van der Waals surface area contributed by atoms with Crippen LogP contribution < -0.4 is 0 Å². The Bertz CT molecular complexity index is 109. The third-order valence-electron chi connectivity index (χ3n) is 1.70. The Balaban J connectivity index is 3.70. The summed E-state index contributed by atoms with van der Waals surface area (Å²) >= 11 is 0. The Morgan fingerprint density at radius 3 is 1.82 bits per heavy atom. The molecule has 0 spiro atoms. The first-order chi connectivity index (χ1) is 4.77. The van der Waals surface area contributed by atoms with Crippen LogP contribution in [0, 0.1) is 17.3 Å². The quantitative estimate of drug-likeness (QED) is 0.667. The molecule has 0 aliphatic rings. The molecule has 1 heteroatoms. The van der Waals surface area contributed by atoms with E-state index in [0.717, 1.165) is 6.42 Å². The first-order valence-electron chi connectivity index (χ1n) is 4.22. The van der Waals surface area contributed by atoms with Crippen molar-refractivity contribution < 1.29 is 5.11 Å². The molecule has 0 amide bonds. The highest BCUT2D eigenvalue weighted by Gasteiger charge is 2.20. The second-order valence-corrected chi connectivity index (χ2v) is 5.10. The molecule has 67 valence electrons. The summed E-state index contributed by atoms with van der Waals surface area (Å²) in [5.41, 5.74) is 0.319. The fraction of sp³-hybridized carbons (Fsp3) is 0.900. The van der Waals surface area contributed by atoms with Gasteiger partial charge in [0.05, 0.1) is 0 Å². The molecule has 0 atom stereocenters. The van der Waals surface area contributed by atoms with Gasteiger partial charge < -0.3 is 5.11 Å². The van der Waals surface area contributed by atoms with E-state index in [9.17, 15) is 0 Å². The average Bonchev–Trinajstić information content (AvgIpc) is 1.83. The van der Waals surface area contributed by atoms with Gasteiger partial charge in [-0.25, -0.2) is 0 Å². The van der Waals surface area contributed by atoms with Gasteiger partial charge in [-0.3, -0.25) is 0 Å². The van der Waals surface area contributed by atoms with Gasteiger partial charge in [-0.15, -0.1) is 0 Å². The molecule has 0 unspecified atom stereocenters. The van der Waals surface area contributed by atoms with E-state index in [2.05, 4.69) is 41.0 Å². The normalized spacial score (nSPS) is 13.6.